The van der Waals surface area contributed by atoms with Crippen LogP contribution in [0.25, 0.3) is 0 Å². The lowest BCUT2D eigenvalue weighted by Gasteiger charge is -2.13. The summed E-state index contributed by atoms with van der Waals surface area (Å²) in [6.07, 6.45) is 0.723. The SMILES string of the molecule is CCOCCNC(=O)[C@@H](N)CC(C)C. The molecule has 0 heterocycles. The lowest BCUT2D eigenvalue weighted by atomic mass is 10.0. The molecule has 3 N–H and O–H groups in total. The Hall–Kier alpha value is -0.610. The topological polar surface area (TPSA) is 64.3 Å². The Labute approximate surface area is 86.2 Å². The third-order valence-electron chi connectivity index (χ3n) is 1.81. The van der Waals surface area contributed by atoms with Crippen LogP contribution in [-0.2, 0) is 9.53 Å². The highest BCUT2D eigenvalue weighted by atomic mass is 16.5. The smallest absolute Gasteiger partial charge is 0.237 e. The van der Waals surface area contributed by atoms with Gasteiger partial charge in [-0.3, -0.25) is 4.79 Å². The van der Waals surface area contributed by atoms with Gasteiger partial charge in [0.05, 0.1) is 12.6 Å². The van der Waals surface area contributed by atoms with E-state index in [4.69, 9.17) is 10.5 Å². The number of ether oxygens (including phenoxy) is 1. The zero-order chi connectivity index (χ0) is 11.0. The summed E-state index contributed by atoms with van der Waals surface area (Å²) in [6.45, 7) is 7.79. The monoisotopic (exact) mass is 202 g/mol. The standard InChI is InChI=1S/C10H22N2O2/c1-4-14-6-5-12-10(13)9(11)7-8(2)3/h8-9H,4-7,11H2,1-3H3,(H,12,13)/t9-/m0/s1. The van der Waals surface area contributed by atoms with Crippen molar-refractivity contribution in [3.05, 3.63) is 0 Å². The molecule has 1 amide bonds. The van der Waals surface area contributed by atoms with Crippen molar-refractivity contribution in [2.24, 2.45) is 11.7 Å². The van der Waals surface area contributed by atoms with Crippen molar-refractivity contribution in [1.82, 2.24) is 5.32 Å². The fraction of sp³-hybridized carbons (Fsp3) is 0.900. The molecular formula is C10H22N2O2. The van der Waals surface area contributed by atoms with Crippen LogP contribution >= 0.6 is 0 Å². The second kappa shape index (κ2) is 7.76. The highest BCUT2D eigenvalue weighted by Crippen LogP contribution is 2.01. The van der Waals surface area contributed by atoms with Crippen molar-refractivity contribution < 1.29 is 9.53 Å². The maximum atomic E-state index is 11.3. The van der Waals surface area contributed by atoms with E-state index in [0.29, 0.717) is 25.7 Å². The summed E-state index contributed by atoms with van der Waals surface area (Å²) < 4.78 is 5.09. The van der Waals surface area contributed by atoms with Crippen LogP contribution in [0.4, 0.5) is 0 Å². The van der Waals surface area contributed by atoms with E-state index in [-0.39, 0.29) is 5.91 Å². The molecule has 0 aromatic carbocycles. The third kappa shape index (κ3) is 6.86. The Balaban J connectivity index is 3.52. The van der Waals surface area contributed by atoms with E-state index in [1.807, 2.05) is 20.8 Å². The lowest BCUT2D eigenvalue weighted by Crippen LogP contribution is -2.42. The van der Waals surface area contributed by atoms with E-state index in [1.54, 1.807) is 0 Å². The molecule has 0 aliphatic carbocycles. The maximum Gasteiger partial charge on any atom is 0.237 e. The molecule has 0 aromatic heterocycles. The molecule has 0 saturated carbocycles. The molecule has 0 rings (SSSR count). The number of rotatable bonds is 7. The average molecular weight is 202 g/mol. The van der Waals surface area contributed by atoms with Crippen molar-refractivity contribution in [3.63, 3.8) is 0 Å². The average Bonchev–Trinajstić information content (AvgIpc) is 2.11. The Morgan fingerprint density at radius 1 is 1.50 bits per heavy atom. The van der Waals surface area contributed by atoms with Gasteiger partial charge in [-0.25, -0.2) is 0 Å². The summed E-state index contributed by atoms with van der Waals surface area (Å²) in [6, 6.07) is -0.392. The Morgan fingerprint density at radius 3 is 2.64 bits per heavy atom. The fourth-order valence-electron chi connectivity index (χ4n) is 1.14. The van der Waals surface area contributed by atoms with E-state index in [9.17, 15) is 4.79 Å². The van der Waals surface area contributed by atoms with Gasteiger partial charge >= 0.3 is 0 Å². The summed E-state index contributed by atoms with van der Waals surface area (Å²) in [5.74, 6) is 0.362. The van der Waals surface area contributed by atoms with Crippen molar-refractivity contribution in [1.29, 1.82) is 0 Å². The molecule has 0 saturated heterocycles. The molecule has 14 heavy (non-hydrogen) atoms. The van der Waals surface area contributed by atoms with Gasteiger partial charge in [0.25, 0.3) is 0 Å². The number of carbonyl (C=O) groups excluding carboxylic acids is 1. The summed E-state index contributed by atoms with van der Waals surface area (Å²) in [4.78, 5) is 11.3. The zero-order valence-electron chi connectivity index (χ0n) is 9.38. The number of nitrogens with two attached hydrogens (primary N) is 1. The highest BCUT2D eigenvalue weighted by Gasteiger charge is 2.13. The van der Waals surface area contributed by atoms with Crippen LogP contribution < -0.4 is 11.1 Å². The quantitative estimate of drug-likeness (QED) is 0.591. The van der Waals surface area contributed by atoms with Gasteiger partial charge in [-0.15, -0.1) is 0 Å². The van der Waals surface area contributed by atoms with E-state index >= 15 is 0 Å². The molecular weight excluding hydrogens is 180 g/mol. The second-order valence-electron chi connectivity index (χ2n) is 3.72. The number of nitrogens with one attached hydrogen (secondary N) is 1. The van der Waals surface area contributed by atoms with Gasteiger partial charge < -0.3 is 15.8 Å². The van der Waals surface area contributed by atoms with E-state index < -0.39 is 6.04 Å². The fourth-order valence-corrected chi connectivity index (χ4v) is 1.14. The van der Waals surface area contributed by atoms with Crippen LogP contribution in [0.3, 0.4) is 0 Å². The molecule has 1 atom stereocenters. The number of carbonyl (C=O) groups is 1. The predicted molar refractivity (Wildman–Crippen MR) is 56.9 cm³/mol. The minimum Gasteiger partial charge on any atom is -0.380 e. The Bertz CT molecular complexity index is 160. The molecule has 0 aliphatic rings. The van der Waals surface area contributed by atoms with Crippen molar-refractivity contribution in [2.45, 2.75) is 33.2 Å². The number of amides is 1. The highest BCUT2D eigenvalue weighted by molar-refractivity contribution is 5.81. The molecule has 0 unspecified atom stereocenters. The normalized spacial score (nSPS) is 12.9. The molecule has 0 fully saturated rings. The molecule has 0 aromatic rings. The van der Waals surface area contributed by atoms with Crippen LogP contribution in [0.2, 0.25) is 0 Å². The zero-order valence-corrected chi connectivity index (χ0v) is 9.38. The van der Waals surface area contributed by atoms with Crippen LogP contribution in [-0.4, -0.2) is 31.7 Å². The first-order valence-corrected chi connectivity index (χ1v) is 5.19. The molecule has 84 valence electrons. The van der Waals surface area contributed by atoms with Gasteiger partial charge in [-0.1, -0.05) is 13.8 Å². The summed E-state index contributed by atoms with van der Waals surface area (Å²) in [5.41, 5.74) is 5.68. The van der Waals surface area contributed by atoms with Crippen molar-refractivity contribution >= 4 is 5.91 Å². The summed E-state index contributed by atoms with van der Waals surface area (Å²) in [5, 5.41) is 2.73. The first-order valence-electron chi connectivity index (χ1n) is 5.19. The van der Waals surface area contributed by atoms with Gasteiger partial charge in [0, 0.05) is 13.2 Å². The largest absolute Gasteiger partial charge is 0.380 e. The van der Waals surface area contributed by atoms with E-state index in [1.165, 1.54) is 0 Å². The molecule has 0 aliphatic heterocycles. The minimum atomic E-state index is -0.392. The Kier molecular flexibility index (Phi) is 7.42. The first-order chi connectivity index (χ1) is 6.57. The van der Waals surface area contributed by atoms with Crippen molar-refractivity contribution in [3.8, 4) is 0 Å². The van der Waals surface area contributed by atoms with Crippen LogP contribution in [0, 0.1) is 5.92 Å². The van der Waals surface area contributed by atoms with Gasteiger partial charge in [0.2, 0.25) is 5.91 Å². The van der Waals surface area contributed by atoms with Gasteiger partial charge in [-0.2, -0.15) is 0 Å². The van der Waals surface area contributed by atoms with E-state index in [2.05, 4.69) is 5.32 Å². The van der Waals surface area contributed by atoms with Gasteiger partial charge in [0.1, 0.15) is 0 Å². The van der Waals surface area contributed by atoms with Gasteiger partial charge in [0.15, 0.2) is 0 Å². The maximum absolute atomic E-state index is 11.3. The third-order valence-corrected chi connectivity index (χ3v) is 1.81. The number of hydrogen-bond donors (Lipinski definition) is 2. The minimum absolute atomic E-state index is 0.0848. The predicted octanol–water partition coefficient (Wildman–Crippen LogP) is 0.513. The summed E-state index contributed by atoms with van der Waals surface area (Å²) in [7, 11) is 0. The molecule has 0 spiro atoms. The summed E-state index contributed by atoms with van der Waals surface area (Å²) >= 11 is 0. The molecule has 4 nitrogen and oxygen atoms in total. The van der Waals surface area contributed by atoms with Crippen LogP contribution in [0.5, 0.6) is 0 Å². The Morgan fingerprint density at radius 2 is 2.14 bits per heavy atom. The van der Waals surface area contributed by atoms with E-state index in [0.717, 1.165) is 6.42 Å². The number of hydrogen-bond acceptors (Lipinski definition) is 3. The first kappa shape index (κ1) is 13.4. The van der Waals surface area contributed by atoms with Crippen molar-refractivity contribution in [2.75, 3.05) is 19.8 Å². The van der Waals surface area contributed by atoms with Gasteiger partial charge in [-0.05, 0) is 19.3 Å². The second-order valence-corrected chi connectivity index (χ2v) is 3.72. The molecule has 4 heteroatoms. The lowest BCUT2D eigenvalue weighted by molar-refractivity contribution is -0.122. The van der Waals surface area contributed by atoms with Crippen LogP contribution in [0.1, 0.15) is 27.2 Å². The molecule has 0 radical (unpaired) electrons. The van der Waals surface area contributed by atoms with Crippen LogP contribution in [0.15, 0.2) is 0 Å². The molecule has 0 bridgehead atoms.